The number of hydrogen-bond acceptors (Lipinski definition) is 5. The van der Waals surface area contributed by atoms with Crippen LogP contribution in [0.5, 0.6) is 17.2 Å². The quantitative estimate of drug-likeness (QED) is 0.532. The van der Waals surface area contributed by atoms with Crippen molar-refractivity contribution in [3.8, 4) is 17.2 Å². The number of fused-ring (bicyclic) bond motifs is 1. The SMILES string of the molecule is CCOc1ccc(C2CN(Cc3ccccc3)CCC2NCc2ccc3c(c2)OCO3)cc1. The van der Waals surface area contributed by atoms with E-state index in [1.165, 1.54) is 16.7 Å². The molecule has 0 radical (unpaired) electrons. The molecule has 3 aromatic carbocycles. The number of ether oxygens (including phenoxy) is 3. The number of likely N-dealkylation sites (tertiary alicyclic amines) is 1. The third kappa shape index (κ3) is 5.32. The maximum Gasteiger partial charge on any atom is 0.231 e. The molecule has 2 aliphatic rings. The minimum absolute atomic E-state index is 0.311. The van der Waals surface area contributed by atoms with Crippen molar-refractivity contribution in [2.75, 3.05) is 26.5 Å². The van der Waals surface area contributed by atoms with Crippen molar-refractivity contribution >= 4 is 0 Å². The Bertz CT molecular complexity index is 1040. The number of rotatable bonds is 8. The Labute approximate surface area is 196 Å². The molecule has 5 heteroatoms. The van der Waals surface area contributed by atoms with Crippen molar-refractivity contribution in [2.45, 2.75) is 38.4 Å². The van der Waals surface area contributed by atoms with E-state index in [1.54, 1.807) is 0 Å². The van der Waals surface area contributed by atoms with Crippen LogP contribution in [-0.4, -0.2) is 37.4 Å². The summed E-state index contributed by atoms with van der Waals surface area (Å²) in [7, 11) is 0. The number of piperidine rings is 1. The highest BCUT2D eigenvalue weighted by Crippen LogP contribution is 2.33. The van der Waals surface area contributed by atoms with Crippen molar-refractivity contribution in [2.24, 2.45) is 0 Å². The van der Waals surface area contributed by atoms with Gasteiger partial charge >= 0.3 is 0 Å². The molecule has 0 aliphatic carbocycles. The average Bonchev–Trinajstić information content (AvgIpc) is 3.33. The van der Waals surface area contributed by atoms with Gasteiger partial charge in [-0.3, -0.25) is 4.90 Å². The minimum atomic E-state index is 0.311. The molecule has 1 saturated heterocycles. The van der Waals surface area contributed by atoms with Gasteiger partial charge in [-0.1, -0.05) is 48.5 Å². The highest BCUT2D eigenvalue weighted by molar-refractivity contribution is 5.44. The minimum Gasteiger partial charge on any atom is -0.494 e. The fraction of sp³-hybridized carbons (Fsp3) is 0.357. The van der Waals surface area contributed by atoms with Gasteiger partial charge in [0.05, 0.1) is 6.61 Å². The van der Waals surface area contributed by atoms with E-state index in [-0.39, 0.29) is 0 Å². The first-order valence-electron chi connectivity index (χ1n) is 11.9. The highest BCUT2D eigenvalue weighted by atomic mass is 16.7. The Morgan fingerprint density at radius 2 is 1.76 bits per heavy atom. The van der Waals surface area contributed by atoms with Crippen LogP contribution in [0, 0.1) is 0 Å². The van der Waals surface area contributed by atoms with Crippen LogP contribution in [0.1, 0.15) is 36.0 Å². The summed E-state index contributed by atoms with van der Waals surface area (Å²) in [6.45, 7) is 6.94. The maximum atomic E-state index is 5.67. The molecule has 0 spiro atoms. The third-order valence-corrected chi connectivity index (χ3v) is 6.57. The van der Waals surface area contributed by atoms with Gasteiger partial charge in [0.2, 0.25) is 6.79 Å². The lowest BCUT2D eigenvalue weighted by Gasteiger charge is -2.39. The molecular weight excluding hydrogens is 412 g/mol. The Hall–Kier alpha value is -3.02. The Balaban J connectivity index is 1.30. The first-order chi connectivity index (χ1) is 16.3. The van der Waals surface area contributed by atoms with Crippen LogP contribution in [0.4, 0.5) is 0 Å². The molecule has 33 heavy (non-hydrogen) atoms. The van der Waals surface area contributed by atoms with E-state index in [1.807, 2.05) is 13.0 Å². The Morgan fingerprint density at radius 3 is 2.58 bits per heavy atom. The van der Waals surface area contributed by atoms with Gasteiger partial charge in [-0.05, 0) is 54.3 Å². The molecular formula is C28H32N2O3. The van der Waals surface area contributed by atoms with Gasteiger partial charge in [0.15, 0.2) is 11.5 Å². The molecule has 2 heterocycles. The normalized spacial score (nSPS) is 20.0. The van der Waals surface area contributed by atoms with Crippen LogP contribution in [0.25, 0.3) is 0 Å². The molecule has 0 bridgehead atoms. The second-order valence-corrected chi connectivity index (χ2v) is 8.79. The number of benzene rings is 3. The maximum absolute atomic E-state index is 5.67. The van der Waals surface area contributed by atoms with E-state index in [2.05, 4.69) is 76.9 Å². The zero-order valence-electron chi connectivity index (χ0n) is 19.2. The summed E-state index contributed by atoms with van der Waals surface area (Å²) in [5.74, 6) is 3.02. The molecule has 1 fully saturated rings. The van der Waals surface area contributed by atoms with Crippen LogP contribution in [0.3, 0.4) is 0 Å². The van der Waals surface area contributed by atoms with Crippen LogP contribution < -0.4 is 19.5 Å². The Morgan fingerprint density at radius 1 is 0.939 bits per heavy atom. The summed E-state index contributed by atoms with van der Waals surface area (Å²) in [6, 6.07) is 26.1. The summed E-state index contributed by atoms with van der Waals surface area (Å²) >= 11 is 0. The smallest absolute Gasteiger partial charge is 0.231 e. The molecule has 5 nitrogen and oxygen atoms in total. The van der Waals surface area contributed by atoms with Crippen molar-refractivity contribution in [3.05, 3.63) is 89.5 Å². The molecule has 5 rings (SSSR count). The molecule has 0 saturated carbocycles. The van der Waals surface area contributed by atoms with Gasteiger partial charge in [0, 0.05) is 38.1 Å². The van der Waals surface area contributed by atoms with E-state index in [4.69, 9.17) is 14.2 Å². The number of nitrogens with one attached hydrogen (secondary N) is 1. The molecule has 0 amide bonds. The van der Waals surface area contributed by atoms with Gasteiger partial charge in [0.1, 0.15) is 5.75 Å². The largest absolute Gasteiger partial charge is 0.494 e. The third-order valence-electron chi connectivity index (χ3n) is 6.57. The summed E-state index contributed by atoms with van der Waals surface area (Å²) in [4.78, 5) is 2.58. The highest BCUT2D eigenvalue weighted by Gasteiger charge is 2.30. The van der Waals surface area contributed by atoms with E-state index < -0.39 is 0 Å². The topological polar surface area (TPSA) is 43.0 Å². The van der Waals surface area contributed by atoms with Crippen molar-refractivity contribution in [1.29, 1.82) is 0 Å². The van der Waals surface area contributed by atoms with Gasteiger partial charge in [0.25, 0.3) is 0 Å². The standard InChI is InChI=1S/C28H32N2O3/c1-2-31-24-11-9-23(10-12-24)25-19-30(18-21-6-4-3-5-7-21)15-14-26(25)29-17-22-8-13-27-28(16-22)33-20-32-27/h3-13,16,25-26,29H,2,14-15,17-20H2,1H3. The van der Waals surface area contributed by atoms with Crippen LogP contribution in [0.15, 0.2) is 72.8 Å². The van der Waals surface area contributed by atoms with E-state index >= 15 is 0 Å². The van der Waals surface area contributed by atoms with Gasteiger partial charge < -0.3 is 19.5 Å². The van der Waals surface area contributed by atoms with E-state index in [0.717, 1.165) is 49.8 Å². The van der Waals surface area contributed by atoms with Gasteiger partial charge in [-0.25, -0.2) is 0 Å². The summed E-state index contributed by atoms with van der Waals surface area (Å²) in [5.41, 5.74) is 3.95. The predicted octanol–water partition coefficient (Wildman–Crippen LogP) is 4.96. The summed E-state index contributed by atoms with van der Waals surface area (Å²) < 4.78 is 16.7. The number of hydrogen-bond donors (Lipinski definition) is 1. The predicted molar refractivity (Wildman–Crippen MR) is 130 cm³/mol. The van der Waals surface area contributed by atoms with Crippen LogP contribution in [0.2, 0.25) is 0 Å². The molecule has 1 N–H and O–H groups in total. The van der Waals surface area contributed by atoms with Gasteiger partial charge in [-0.2, -0.15) is 0 Å². The van der Waals surface area contributed by atoms with Crippen LogP contribution in [-0.2, 0) is 13.1 Å². The van der Waals surface area contributed by atoms with Gasteiger partial charge in [-0.15, -0.1) is 0 Å². The second kappa shape index (κ2) is 10.3. The molecule has 3 aromatic rings. The molecule has 0 aromatic heterocycles. The number of nitrogens with zero attached hydrogens (tertiary/aromatic N) is 1. The summed E-state index contributed by atoms with van der Waals surface area (Å²) in [6.07, 6.45) is 1.11. The lowest BCUT2D eigenvalue weighted by atomic mass is 9.85. The van der Waals surface area contributed by atoms with E-state index in [9.17, 15) is 0 Å². The van der Waals surface area contributed by atoms with Crippen molar-refractivity contribution < 1.29 is 14.2 Å². The average molecular weight is 445 g/mol. The van der Waals surface area contributed by atoms with Crippen molar-refractivity contribution in [3.63, 3.8) is 0 Å². The lowest BCUT2D eigenvalue weighted by Crippen LogP contribution is -2.47. The van der Waals surface area contributed by atoms with E-state index in [0.29, 0.717) is 25.4 Å². The Kier molecular flexibility index (Phi) is 6.79. The molecule has 172 valence electrons. The zero-order chi connectivity index (χ0) is 22.5. The molecule has 2 atom stereocenters. The fourth-order valence-electron chi connectivity index (χ4n) is 4.86. The first kappa shape index (κ1) is 21.8. The lowest BCUT2D eigenvalue weighted by molar-refractivity contribution is 0.166. The van der Waals surface area contributed by atoms with Crippen molar-refractivity contribution in [1.82, 2.24) is 10.2 Å². The second-order valence-electron chi connectivity index (χ2n) is 8.79. The molecule has 2 unspecified atom stereocenters. The molecule has 2 aliphatic heterocycles. The summed E-state index contributed by atoms with van der Waals surface area (Å²) in [5, 5.41) is 3.85. The first-order valence-corrected chi connectivity index (χ1v) is 11.9. The zero-order valence-corrected chi connectivity index (χ0v) is 19.2. The van der Waals surface area contributed by atoms with Crippen LogP contribution >= 0.6 is 0 Å². The fourth-order valence-corrected chi connectivity index (χ4v) is 4.86. The monoisotopic (exact) mass is 444 g/mol.